The van der Waals surface area contributed by atoms with E-state index in [0.717, 1.165) is 16.3 Å². The molecule has 2 aromatic carbocycles. The Bertz CT molecular complexity index is 1220. The van der Waals surface area contributed by atoms with Gasteiger partial charge in [-0.25, -0.2) is 9.31 Å². The van der Waals surface area contributed by atoms with Crippen molar-refractivity contribution in [1.29, 1.82) is 0 Å². The smallest absolute Gasteiger partial charge is 0.356 e. The molecule has 0 aliphatic heterocycles. The number of aromatic amines is 1. The lowest BCUT2D eigenvalue weighted by Gasteiger charge is -2.09. The number of aryl methyl sites for hydroxylation is 2. The van der Waals surface area contributed by atoms with Crippen molar-refractivity contribution in [2.75, 3.05) is 0 Å². The zero-order chi connectivity index (χ0) is 17.7. The topological polar surface area (TPSA) is 87.5 Å². The molecule has 0 spiro atoms. The van der Waals surface area contributed by atoms with E-state index in [9.17, 15) is 14.7 Å². The number of hydrogen-bond acceptors (Lipinski definition) is 3. The summed E-state index contributed by atoms with van der Waals surface area (Å²) in [6.45, 7) is 3.40. The third-order valence-corrected chi connectivity index (χ3v) is 4.50. The van der Waals surface area contributed by atoms with Crippen LogP contribution in [0.3, 0.4) is 0 Å². The van der Waals surface area contributed by atoms with Crippen molar-refractivity contribution in [3.8, 4) is 11.3 Å². The molecule has 4 aromatic rings. The molecule has 0 saturated heterocycles. The van der Waals surface area contributed by atoms with Crippen molar-refractivity contribution in [2.24, 2.45) is 0 Å². The number of hydrogen-bond donors (Lipinski definition) is 2. The summed E-state index contributed by atoms with van der Waals surface area (Å²) in [6, 6.07) is 13.9. The Kier molecular flexibility index (Phi) is 3.21. The summed E-state index contributed by atoms with van der Waals surface area (Å²) in [7, 11) is 0. The van der Waals surface area contributed by atoms with Gasteiger partial charge in [0.2, 0.25) is 0 Å². The Morgan fingerprint density at radius 2 is 1.84 bits per heavy atom. The molecule has 0 amide bonds. The van der Waals surface area contributed by atoms with Gasteiger partial charge in [0.1, 0.15) is 5.52 Å². The molecule has 0 saturated carbocycles. The molecule has 6 heteroatoms. The first-order chi connectivity index (χ1) is 12.0. The Morgan fingerprint density at radius 1 is 1.12 bits per heavy atom. The molecule has 0 unspecified atom stereocenters. The summed E-state index contributed by atoms with van der Waals surface area (Å²) in [6.07, 6.45) is 0. The zero-order valence-electron chi connectivity index (χ0n) is 13.7. The number of benzene rings is 2. The number of nitrogens with one attached hydrogen (secondary N) is 1. The Balaban J connectivity index is 2.03. The van der Waals surface area contributed by atoms with Crippen LogP contribution in [0.5, 0.6) is 0 Å². The Labute approximate surface area is 142 Å². The largest absolute Gasteiger partial charge is 0.476 e. The molecular formula is C19H15N3O3. The summed E-state index contributed by atoms with van der Waals surface area (Å²) >= 11 is 0. The van der Waals surface area contributed by atoms with E-state index in [-0.39, 0.29) is 16.8 Å². The van der Waals surface area contributed by atoms with Crippen molar-refractivity contribution in [2.45, 2.75) is 13.8 Å². The quantitative estimate of drug-likeness (QED) is 0.590. The van der Waals surface area contributed by atoms with E-state index in [2.05, 4.69) is 10.1 Å². The summed E-state index contributed by atoms with van der Waals surface area (Å²) in [5.41, 5.74) is 2.32. The highest BCUT2D eigenvalue weighted by atomic mass is 16.4. The van der Waals surface area contributed by atoms with Crippen LogP contribution in [0.25, 0.3) is 27.5 Å². The Morgan fingerprint density at radius 3 is 2.56 bits per heavy atom. The molecule has 124 valence electrons. The fourth-order valence-electron chi connectivity index (χ4n) is 3.20. The van der Waals surface area contributed by atoms with E-state index < -0.39 is 5.97 Å². The molecule has 4 rings (SSSR count). The molecule has 0 aliphatic carbocycles. The normalized spacial score (nSPS) is 11.3. The van der Waals surface area contributed by atoms with Gasteiger partial charge in [0.05, 0.1) is 11.4 Å². The van der Waals surface area contributed by atoms with E-state index in [1.54, 1.807) is 6.92 Å². The van der Waals surface area contributed by atoms with Gasteiger partial charge >= 0.3 is 5.97 Å². The highest BCUT2D eigenvalue weighted by Gasteiger charge is 2.20. The molecule has 2 aromatic heterocycles. The number of aromatic nitrogens is 3. The van der Waals surface area contributed by atoms with Crippen LogP contribution in [0.15, 0.2) is 47.3 Å². The van der Waals surface area contributed by atoms with Gasteiger partial charge in [-0.2, -0.15) is 5.10 Å². The fourth-order valence-corrected chi connectivity index (χ4v) is 3.20. The van der Waals surface area contributed by atoms with E-state index in [0.29, 0.717) is 17.0 Å². The van der Waals surface area contributed by atoms with Crippen LogP contribution < -0.4 is 5.56 Å². The van der Waals surface area contributed by atoms with E-state index >= 15 is 0 Å². The lowest BCUT2D eigenvalue weighted by Crippen LogP contribution is -2.14. The van der Waals surface area contributed by atoms with Crippen LogP contribution >= 0.6 is 0 Å². The highest BCUT2D eigenvalue weighted by Crippen LogP contribution is 2.26. The monoisotopic (exact) mass is 333 g/mol. The molecule has 0 bridgehead atoms. The lowest BCUT2D eigenvalue weighted by molar-refractivity contribution is 0.0689. The van der Waals surface area contributed by atoms with Crippen molar-refractivity contribution in [1.82, 2.24) is 14.6 Å². The lowest BCUT2D eigenvalue weighted by atomic mass is 10.0. The van der Waals surface area contributed by atoms with Crippen LogP contribution in [-0.4, -0.2) is 25.7 Å². The van der Waals surface area contributed by atoms with Crippen molar-refractivity contribution in [3.63, 3.8) is 0 Å². The first-order valence-corrected chi connectivity index (χ1v) is 7.82. The van der Waals surface area contributed by atoms with Gasteiger partial charge < -0.3 is 10.1 Å². The van der Waals surface area contributed by atoms with Gasteiger partial charge in [-0.1, -0.05) is 36.4 Å². The van der Waals surface area contributed by atoms with Gasteiger partial charge in [-0.15, -0.1) is 0 Å². The molecule has 2 heterocycles. The predicted molar refractivity (Wildman–Crippen MR) is 95.2 cm³/mol. The minimum atomic E-state index is -1.15. The summed E-state index contributed by atoms with van der Waals surface area (Å²) in [5.74, 6) is -1.15. The average Bonchev–Trinajstić information content (AvgIpc) is 2.96. The summed E-state index contributed by atoms with van der Waals surface area (Å²) in [5, 5.41) is 15.5. The third kappa shape index (κ3) is 2.22. The second-order valence-electron chi connectivity index (χ2n) is 6.02. The van der Waals surface area contributed by atoms with Crippen molar-refractivity contribution in [3.05, 3.63) is 69.8 Å². The maximum absolute atomic E-state index is 12.5. The number of nitrogens with zero attached hydrogens (tertiary/aromatic N) is 2. The number of carboxylic acid groups (broad SMARTS) is 1. The molecule has 6 nitrogen and oxygen atoms in total. The van der Waals surface area contributed by atoms with E-state index in [1.807, 2.05) is 49.4 Å². The van der Waals surface area contributed by atoms with Crippen LogP contribution in [0.2, 0.25) is 0 Å². The molecule has 0 aliphatic rings. The van der Waals surface area contributed by atoms with Crippen LogP contribution in [-0.2, 0) is 0 Å². The van der Waals surface area contributed by atoms with Crippen molar-refractivity contribution < 1.29 is 9.90 Å². The van der Waals surface area contributed by atoms with Crippen LogP contribution in [0, 0.1) is 13.8 Å². The molecule has 0 atom stereocenters. The number of H-pyrrole nitrogens is 1. The van der Waals surface area contributed by atoms with Gasteiger partial charge in [0.25, 0.3) is 5.56 Å². The SMILES string of the molecule is Cc1c(C(=O)O)nn2c(C)c(-c3ccc4ccccc4c3)[nH]c(=O)c12. The zero-order valence-corrected chi connectivity index (χ0v) is 13.7. The average molecular weight is 333 g/mol. The third-order valence-electron chi connectivity index (χ3n) is 4.50. The second-order valence-corrected chi connectivity index (χ2v) is 6.02. The second kappa shape index (κ2) is 5.31. The maximum Gasteiger partial charge on any atom is 0.356 e. The predicted octanol–water partition coefficient (Wildman–Crippen LogP) is 3.16. The van der Waals surface area contributed by atoms with Gasteiger partial charge in [-0.05, 0) is 30.7 Å². The van der Waals surface area contributed by atoms with Crippen molar-refractivity contribution >= 4 is 22.3 Å². The minimum absolute atomic E-state index is 0.107. The number of carbonyl (C=O) groups is 1. The minimum Gasteiger partial charge on any atom is -0.476 e. The molecule has 0 fully saturated rings. The summed E-state index contributed by atoms with van der Waals surface area (Å²) < 4.78 is 1.42. The number of fused-ring (bicyclic) bond motifs is 2. The first-order valence-electron chi connectivity index (χ1n) is 7.82. The maximum atomic E-state index is 12.5. The van der Waals surface area contributed by atoms with Gasteiger partial charge in [0, 0.05) is 11.1 Å². The summed E-state index contributed by atoms with van der Waals surface area (Å²) in [4.78, 5) is 26.7. The van der Waals surface area contributed by atoms with Crippen LogP contribution in [0.1, 0.15) is 21.7 Å². The van der Waals surface area contributed by atoms with Gasteiger partial charge in [-0.3, -0.25) is 4.79 Å². The number of carboxylic acids is 1. The fraction of sp³-hybridized carbons (Fsp3) is 0.105. The molecule has 0 radical (unpaired) electrons. The van der Waals surface area contributed by atoms with Crippen LogP contribution in [0.4, 0.5) is 0 Å². The molecular weight excluding hydrogens is 318 g/mol. The Hall–Kier alpha value is -3.41. The number of aromatic carboxylic acids is 1. The standard InChI is InChI=1S/C19H15N3O3/c1-10-15(19(24)25)21-22-11(2)16(20-18(23)17(10)22)14-8-7-12-5-3-4-6-13(12)9-14/h3-9H,1-2H3,(H,20,23)(H,24,25). The molecule has 25 heavy (non-hydrogen) atoms. The molecule has 2 N–H and O–H groups in total. The highest BCUT2D eigenvalue weighted by molar-refractivity contribution is 5.90. The number of rotatable bonds is 2. The van der Waals surface area contributed by atoms with E-state index in [1.165, 1.54) is 4.52 Å². The first kappa shape index (κ1) is 15.1. The van der Waals surface area contributed by atoms with Gasteiger partial charge in [0.15, 0.2) is 5.69 Å². The van der Waals surface area contributed by atoms with E-state index in [4.69, 9.17) is 0 Å².